The van der Waals surface area contributed by atoms with E-state index in [1.165, 1.54) is 55.4 Å². The average Bonchev–Trinajstić information content (AvgIpc) is 2.48. The first-order valence-corrected chi connectivity index (χ1v) is 13.1. The number of hydrogen-bond donors (Lipinski definition) is 0. The van der Waals surface area contributed by atoms with Crippen LogP contribution in [0, 0.1) is 17.3 Å². The van der Waals surface area contributed by atoms with Crippen LogP contribution in [-0.2, 0) is 4.43 Å². The molecule has 2 rings (SSSR count). The van der Waals surface area contributed by atoms with Crippen LogP contribution >= 0.6 is 0 Å². The minimum atomic E-state index is -1.39. The second-order valence-electron chi connectivity index (χ2n) is 9.09. The van der Waals surface area contributed by atoms with Gasteiger partial charge < -0.3 is 4.43 Å². The predicted octanol–water partition coefficient (Wildman–Crippen LogP) is 7.49. The molecule has 1 nitrogen and oxygen atoms in total. The van der Waals surface area contributed by atoms with E-state index in [9.17, 15) is 0 Å². The second-order valence-corrected chi connectivity index (χ2v) is 13.5. The second kappa shape index (κ2) is 8.56. The zero-order chi connectivity index (χ0) is 18.5. The number of hydrogen-bond acceptors (Lipinski definition) is 1. The zero-order valence-electron chi connectivity index (χ0n) is 17.3. The van der Waals surface area contributed by atoms with Crippen LogP contribution < -0.4 is 0 Å². The molecule has 0 aromatic carbocycles. The van der Waals surface area contributed by atoms with Crippen molar-refractivity contribution < 1.29 is 4.43 Å². The van der Waals surface area contributed by atoms with Crippen molar-refractivity contribution >= 4 is 8.32 Å². The van der Waals surface area contributed by atoms with E-state index in [0.29, 0.717) is 11.8 Å². The Balaban J connectivity index is 0.000000243. The van der Waals surface area contributed by atoms with Gasteiger partial charge in [-0.05, 0) is 70.2 Å². The summed E-state index contributed by atoms with van der Waals surface area (Å²) in [4.78, 5) is 0. The third-order valence-electron chi connectivity index (χ3n) is 5.59. The summed E-state index contributed by atoms with van der Waals surface area (Å²) in [6.45, 7) is 23.8. The molecule has 0 amide bonds. The molecule has 1 saturated carbocycles. The van der Waals surface area contributed by atoms with E-state index >= 15 is 0 Å². The lowest BCUT2D eigenvalue weighted by molar-refractivity contribution is 0.315. The van der Waals surface area contributed by atoms with Crippen molar-refractivity contribution in [3.63, 3.8) is 0 Å². The van der Waals surface area contributed by atoms with Gasteiger partial charge in [0.2, 0.25) is 8.32 Å². The van der Waals surface area contributed by atoms with Crippen molar-refractivity contribution in [2.45, 2.75) is 85.9 Å². The summed E-state index contributed by atoms with van der Waals surface area (Å²) >= 11 is 0. The summed E-state index contributed by atoms with van der Waals surface area (Å²) in [5, 5.41) is 0. The van der Waals surface area contributed by atoms with Gasteiger partial charge in [0, 0.05) is 11.3 Å². The van der Waals surface area contributed by atoms with Crippen LogP contribution in [0.3, 0.4) is 0 Å². The van der Waals surface area contributed by atoms with Gasteiger partial charge in [0.1, 0.15) is 0 Å². The lowest BCUT2D eigenvalue weighted by Crippen LogP contribution is -2.28. The fraction of sp³-hybridized carbons (Fsp3) is 0.727. The highest BCUT2D eigenvalue weighted by molar-refractivity contribution is 6.70. The van der Waals surface area contributed by atoms with E-state index in [2.05, 4.69) is 66.6 Å². The molecule has 24 heavy (non-hydrogen) atoms. The topological polar surface area (TPSA) is 9.23 Å². The quantitative estimate of drug-likeness (QED) is 0.379. The molecule has 0 radical (unpaired) electrons. The first-order valence-electron chi connectivity index (χ1n) is 9.71. The predicted molar refractivity (Wildman–Crippen MR) is 111 cm³/mol. The molecule has 0 aromatic rings. The molecule has 2 heteroatoms. The Bertz CT molecular complexity index is 483. The van der Waals surface area contributed by atoms with Crippen LogP contribution in [0.2, 0.25) is 19.6 Å². The van der Waals surface area contributed by atoms with Gasteiger partial charge >= 0.3 is 0 Å². The lowest BCUT2D eigenvalue weighted by Gasteiger charge is -2.37. The third-order valence-corrected chi connectivity index (χ3v) is 6.42. The molecule has 0 saturated heterocycles. The molecular weight excluding hydrogens is 308 g/mol. The van der Waals surface area contributed by atoms with Crippen molar-refractivity contribution in [2.75, 3.05) is 0 Å². The SMILES string of the molecule is C=C[C@@]1(C)CCC[C@@H](C)C1=C.CC1=C(O[Si](C)(C)C)C(C)CCC1. The highest BCUT2D eigenvalue weighted by Gasteiger charge is 2.30. The van der Waals surface area contributed by atoms with E-state index < -0.39 is 8.32 Å². The Labute approximate surface area is 152 Å². The molecule has 0 bridgehead atoms. The molecule has 2 aliphatic carbocycles. The first-order chi connectivity index (χ1) is 11.0. The zero-order valence-corrected chi connectivity index (χ0v) is 18.3. The molecule has 0 N–H and O–H groups in total. The summed E-state index contributed by atoms with van der Waals surface area (Å²) in [7, 11) is -1.39. The van der Waals surface area contributed by atoms with Crippen molar-refractivity contribution in [3.05, 3.63) is 36.1 Å². The molecular formula is C22H40OSi. The smallest absolute Gasteiger partial charge is 0.241 e. The number of allylic oxidation sites excluding steroid dienone is 4. The maximum atomic E-state index is 6.12. The average molecular weight is 349 g/mol. The van der Waals surface area contributed by atoms with Gasteiger partial charge in [0.15, 0.2) is 0 Å². The molecule has 0 spiro atoms. The van der Waals surface area contributed by atoms with Gasteiger partial charge in [-0.1, -0.05) is 45.4 Å². The molecule has 138 valence electrons. The van der Waals surface area contributed by atoms with Crippen LogP contribution in [0.4, 0.5) is 0 Å². The normalized spacial score (nSPS) is 31.2. The molecule has 0 aromatic heterocycles. The van der Waals surface area contributed by atoms with Crippen molar-refractivity contribution in [3.8, 4) is 0 Å². The first kappa shape index (κ1) is 21.3. The highest BCUT2D eigenvalue weighted by Crippen LogP contribution is 2.43. The summed E-state index contributed by atoms with van der Waals surface area (Å²) in [5.74, 6) is 2.65. The monoisotopic (exact) mass is 348 g/mol. The minimum absolute atomic E-state index is 0.220. The van der Waals surface area contributed by atoms with Gasteiger partial charge in [-0.2, -0.15) is 0 Å². The van der Waals surface area contributed by atoms with E-state index in [1.807, 2.05) is 0 Å². The Hall–Kier alpha value is -0.763. The summed E-state index contributed by atoms with van der Waals surface area (Å²) in [6.07, 6.45) is 9.81. The molecule has 3 atom stereocenters. The van der Waals surface area contributed by atoms with Crippen molar-refractivity contribution in [1.29, 1.82) is 0 Å². The van der Waals surface area contributed by atoms with Crippen LogP contribution in [0.25, 0.3) is 0 Å². The van der Waals surface area contributed by atoms with Crippen LogP contribution in [0.1, 0.15) is 66.2 Å². The van der Waals surface area contributed by atoms with Crippen molar-refractivity contribution in [2.24, 2.45) is 17.3 Å². The fourth-order valence-electron chi connectivity index (χ4n) is 3.77. The fourth-order valence-corrected chi connectivity index (χ4v) is 4.81. The van der Waals surface area contributed by atoms with Gasteiger partial charge in [-0.25, -0.2) is 0 Å². The van der Waals surface area contributed by atoms with Crippen LogP contribution in [-0.4, -0.2) is 8.32 Å². The van der Waals surface area contributed by atoms with Gasteiger partial charge in [0.05, 0.1) is 5.76 Å². The standard InChI is InChI=1S/C11H22OSi.C11H18/c1-9-7-6-8-10(2)11(9)12-13(3,4)5;1-5-11(4)8-6-7-9(2)10(11)3/h9H,6-8H2,1-5H3;5,9H,1,3,6-8H2,2,4H3/t;9-,11+/m.1/s1. The Kier molecular flexibility index (Phi) is 7.59. The Morgan fingerprint density at radius 1 is 1.12 bits per heavy atom. The van der Waals surface area contributed by atoms with E-state index in [0.717, 1.165) is 0 Å². The van der Waals surface area contributed by atoms with Crippen molar-refractivity contribution in [1.82, 2.24) is 0 Å². The van der Waals surface area contributed by atoms with Gasteiger partial charge in [-0.3, -0.25) is 0 Å². The minimum Gasteiger partial charge on any atom is -0.547 e. The Morgan fingerprint density at radius 2 is 1.71 bits per heavy atom. The van der Waals surface area contributed by atoms with E-state index in [4.69, 9.17) is 4.43 Å². The lowest BCUT2D eigenvalue weighted by atomic mass is 9.68. The third kappa shape index (κ3) is 5.95. The molecule has 1 fully saturated rings. The maximum Gasteiger partial charge on any atom is 0.241 e. The summed E-state index contributed by atoms with van der Waals surface area (Å²) in [5.41, 5.74) is 3.08. The van der Waals surface area contributed by atoms with Gasteiger partial charge in [0.25, 0.3) is 0 Å². The molecule has 1 unspecified atom stereocenters. The molecule has 2 aliphatic rings. The molecule has 0 aliphatic heterocycles. The van der Waals surface area contributed by atoms with Gasteiger partial charge in [-0.15, -0.1) is 6.58 Å². The van der Waals surface area contributed by atoms with E-state index in [1.54, 1.807) is 0 Å². The largest absolute Gasteiger partial charge is 0.547 e. The highest BCUT2D eigenvalue weighted by atomic mass is 28.4. The summed E-state index contributed by atoms with van der Waals surface area (Å²) < 4.78 is 6.12. The van der Waals surface area contributed by atoms with Crippen LogP contribution in [0.5, 0.6) is 0 Å². The maximum absolute atomic E-state index is 6.12. The van der Waals surface area contributed by atoms with E-state index in [-0.39, 0.29) is 5.41 Å². The Morgan fingerprint density at radius 3 is 2.17 bits per heavy atom. The van der Waals surface area contributed by atoms with Crippen LogP contribution in [0.15, 0.2) is 36.1 Å². The number of rotatable bonds is 3. The molecule has 0 heterocycles. The summed E-state index contributed by atoms with van der Waals surface area (Å²) in [6, 6.07) is 0.